The first kappa shape index (κ1) is 11.1. The molecule has 15 heavy (non-hydrogen) atoms. The second-order valence-electron chi connectivity index (χ2n) is 2.06. The summed E-state index contributed by atoms with van der Waals surface area (Å²) in [5, 5.41) is 10.5. The lowest BCUT2D eigenvalue weighted by Crippen LogP contribution is -1.53. The second kappa shape index (κ2) is 8.64. The first-order valence-corrected chi connectivity index (χ1v) is 4.95. The van der Waals surface area contributed by atoms with Crippen LogP contribution < -0.4 is 0 Å². The van der Waals surface area contributed by atoms with Gasteiger partial charge in [0.05, 0.1) is 12.4 Å². The van der Waals surface area contributed by atoms with Crippen molar-refractivity contribution in [3.8, 4) is 0 Å². The maximum Gasteiger partial charge on any atom is 0.180 e. The van der Waals surface area contributed by atoms with Gasteiger partial charge in [-0.1, -0.05) is 12.1 Å². The normalized spacial score (nSPS) is 8.00. The number of hydrogen-bond acceptors (Lipinski definition) is 6. The Labute approximate surface area is 90.4 Å². The molecule has 5 nitrogen and oxygen atoms in total. The Kier molecular flexibility index (Phi) is 6.41. The molecule has 0 aliphatic rings. The molecule has 0 spiro atoms. The standard InChI is InChI=1S/C4H4S.C3H3NO.C2H2N2O/c1-2-4-5-3-1;1-2-5-3-4-1;1-2-5-4-3-1/h1-4H;1-3H;1-2H. The van der Waals surface area contributed by atoms with Crippen molar-refractivity contribution >= 4 is 11.3 Å². The predicted octanol–water partition coefficient (Wildman–Crippen LogP) is 2.49. The van der Waals surface area contributed by atoms with E-state index in [9.17, 15) is 0 Å². The highest BCUT2D eigenvalue weighted by atomic mass is 32.1. The van der Waals surface area contributed by atoms with Crippen LogP contribution in [0.5, 0.6) is 0 Å². The van der Waals surface area contributed by atoms with Crippen LogP contribution in [0.1, 0.15) is 0 Å². The highest BCUT2D eigenvalue weighted by Crippen LogP contribution is 1.91. The van der Waals surface area contributed by atoms with Crippen molar-refractivity contribution in [2.24, 2.45) is 0 Å². The lowest BCUT2D eigenvalue weighted by molar-refractivity contribution is 0.393. The Bertz CT molecular complexity index is 255. The zero-order chi connectivity index (χ0) is 10.6. The number of thiophene rings is 1. The molecule has 3 aromatic heterocycles. The number of aromatic nitrogens is 3. The fraction of sp³-hybridized carbons (Fsp3) is 0. The van der Waals surface area contributed by atoms with Crippen LogP contribution in [0, 0.1) is 0 Å². The van der Waals surface area contributed by atoms with E-state index in [2.05, 4.69) is 24.3 Å². The SMILES string of the molecule is c1ccsc1.c1cocn1.c1conn1. The van der Waals surface area contributed by atoms with Crippen molar-refractivity contribution in [2.45, 2.75) is 0 Å². The summed E-state index contributed by atoms with van der Waals surface area (Å²) in [6.07, 6.45) is 7.35. The summed E-state index contributed by atoms with van der Waals surface area (Å²) in [4.78, 5) is 3.56. The molecule has 0 radical (unpaired) electrons. The average molecular weight is 223 g/mol. The van der Waals surface area contributed by atoms with Crippen LogP contribution in [0.3, 0.4) is 0 Å². The van der Waals surface area contributed by atoms with E-state index in [1.54, 1.807) is 17.5 Å². The number of hydrogen-bond donors (Lipinski definition) is 0. The van der Waals surface area contributed by atoms with Crippen molar-refractivity contribution in [1.29, 1.82) is 0 Å². The van der Waals surface area contributed by atoms with Crippen LogP contribution in [0.2, 0.25) is 0 Å². The summed E-state index contributed by atoms with van der Waals surface area (Å²) in [6.45, 7) is 0. The average Bonchev–Trinajstić information content (AvgIpc) is 3.09. The van der Waals surface area contributed by atoms with E-state index < -0.39 is 0 Å². The quantitative estimate of drug-likeness (QED) is 0.585. The van der Waals surface area contributed by atoms with Gasteiger partial charge in [-0.15, -0.1) is 5.10 Å². The molecule has 6 heteroatoms. The maximum atomic E-state index is 4.47. The molecule has 3 rings (SSSR count). The summed E-state index contributed by atoms with van der Waals surface area (Å²) in [5.74, 6) is 0. The van der Waals surface area contributed by atoms with Gasteiger partial charge in [0.2, 0.25) is 0 Å². The van der Waals surface area contributed by atoms with Crippen molar-refractivity contribution in [3.05, 3.63) is 54.2 Å². The molecule has 0 aliphatic heterocycles. The molecule has 0 unspecified atom stereocenters. The smallest absolute Gasteiger partial charge is 0.180 e. The minimum atomic E-state index is 1.38. The van der Waals surface area contributed by atoms with Crippen LogP contribution in [0.4, 0.5) is 0 Å². The molecule has 78 valence electrons. The molecule has 0 amide bonds. The van der Waals surface area contributed by atoms with Gasteiger partial charge in [0, 0.05) is 5.27 Å². The molecular formula is C9H9N3O2S. The first-order valence-electron chi connectivity index (χ1n) is 4.00. The third-order valence-corrected chi connectivity index (χ3v) is 1.68. The van der Waals surface area contributed by atoms with Crippen LogP contribution in [-0.4, -0.2) is 15.4 Å². The van der Waals surface area contributed by atoms with Gasteiger partial charge in [0.15, 0.2) is 6.39 Å². The van der Waals surface area contributed by atoms with Crippen LogP contribution in [-0.2, 0) is 0 Å². The molecule has 3 heterocycles. The van der Waals surface area contributed by atoms with Gasteiger partial charge in [-0.25, -0.2) is 4.98 Å². The summed E-state index contributed by atoms with van der Waals surface area (Å²) >= 11 is 1.71. The number of rotatable bonds is 0. The summed E-state index contributed by atoms with van der Waals surface area (Å²) < 4.78 is 8.69. The van der Waals surface area contributed by atoms with Crippen molar-refractivity contribution in [2.75, 3.05) is 0 Å². The Morgan fingerprint density at radius 2 is 1.87 bits per heavy atom. The van der Waals surface area contributed by atoms with Gasteiger partial charge in [-0.3, -0.25) is 0 Å². The van der Waals surface area contributed by atoms with Gasteiger partial charge in [0.1, 0.15) is 12.5 Å². The van der Waals surface area contributed by atoms with Crippen LogP contribution in [0.15, 0.2) is 63.1 Å². The molecule has 0 aromatic carbocycles. The molecule has 0 saturated heterocycles. The van der Waals surface area contributed by atoms with E-state index >= 15 is 0 Å². The lowest BCUT2D eigenvalue weighted by Gasteiger charge is -1.47. The highest BCUT2D eigenvalue weighted by molar-refractivity contribution is 7.07. The maximum absolute atomic E-state index is 4.47. The largest absolute Gasteiger partial charge is 0.452 e. The third-order valence-electron chi connectivity index (χ3n) is 1.06. The van der Waals surface area contributed by atoms with Gasteiger partial charge >= 0.3 is 0 Å². The Morgan fingerprint density at radius 1 is 1.00 bits per heavy atom. The topological polar surface area (TPSA) is 65.0 Å². The lowest BCUT2D eigenvalue weighted by atomic mass is 10.7. The Hall–Kier alpha value is -1.95. The van der Waals surface area contributed by atoms with E-state index in [0.717, 1.165) is 0 Å². The third kappa shape index (κ3) is 7.15. The van der Waals surface area contributed by atoms with E-state index in [0.29, 0.717) is 0 Å². The second-order valence-corrected chi connectivity index (χ2v) is 2.87. The molecule has 0 N–H and O–H groups in total. The summed E-state index contributed by atoms with van der Waals surface area (Å²) in [6, 6.07) is 4.04. The Morgan fingerprint density at radius 3 is 2.07 bits per heavy atom. The number of nitrogens with zero attached hydrogens (tertiary/aromatic N) is 3. The van der Waals surface area contributed by atoms with Gasteiger partial charge in [-0.05, 0) is 10.8 Å². The van der Waals surface area contributed by atoms with Crippen molar-refractivity contribution < 1.29 is 8.94 Å². The van der Waals surface area contributed by atoms with Crippen molar-refractivity contribution in [1.82, 2.24) is 15.4 Å². The monoisotopic (exact) mass is 223 g/mol. The Balaban J connectivity index is 0.000000112. The van der Waals surface area contributed by atoms with Crippen LogP contribution in [0.25, 0.3) is 0 Å². The fourth-order valence-corrected chi connectivity index (χ4v) is 0.992. The van der Waals surface area contributed by atoms with Gasteiger partial charge in [-0.2, -0.15) is 11.3 Å². The molecule has 0 saturated carbocycles. The van der Waals surface area contributed by atoms with E-state index in [-0.39, 0.29) is 0 Å². The van der Waals surface area contributed by atoms with E-state index in [4.69, 9.17) is 0 Å². The molecule has 0 bridgehead atoms. The minimum Gasteiger partial charge on any atom is -0.452 e. The molecule has 3 aromatic rings. The van der Waals surface area contributed by atoms with Gasteiger partial charge < -0.3 is 8.94 Å². The zero-order valence-electron chi connectivity index (χ0n) is 7.76. The fourth-order valence-electron chi connectivity index (χ4n) is 0.539. The van der Waals surface area contributed by atoms with Crippen molar-refractivity contribution in [3.63, 3.8) is 0 Å². The molecule has 0 fully saturated rings. The minimum absolute atomic E-state index is 1.38. The predicted molar refractivity (Wildman–Crippen MR) is 55.1 cm³/mol. The first-order chi connectivity index (χ1) is 7.50. The number of oxazole rings is 1. The zero-order valence-corrected chi connectivity index (χ0v) is 8.58. The van der Waals surface area contributed by atoms with E-state index in [1.165, 1.54) is 25.1 Å². The summed E-state index contributed by atoms with van der Waals surface area (Å²) in [7, 11) is 0. The summed E-state index contributed by atoms with van der Waals surface area (Å²) in [5.41, 5.74) is 0. The molecular weight excluding hydrogens is 214 g/mol. The molecule has 0 atom stereocenters. The van der Waals surface area contributed by atoms with Gasteiger partial charge in [0.25, 0.3) is 0 Å². The highest BCUT2D eigenvalue weighted by Gasteiger charge is 1.61. The van der Waals surface area contributed by atoms with Crippen LogP contribution >= 0.6 is 11.3 Å². The van der Waals surface area contributed by atoms with E-state index in [1.807, 2.05) is 22.9 Å². The molecule has 0 aliphatic carbocycles.